The zero-order valence-corrected chi connectivity index (χ0v) is 18.9. The Morgan fingerprint density at radius 2 is 2.00 bits per heavy atom. The number of halogens is 3. The zero-order valence-electron chi connectivity index (χ0n) is 17.2. The number of likely N-dealkylation sites (tertiary alicyclic amines) is 1. The molecule has 7 nitrogen and oxygen atoms in total. The third-order valence-electron chi connectivity index (χ3n) is 5.77. The number of hydrogen-bond acceptors (Lipinski definition) is 7. The lowest BCUT2D eigenvalue weighted by molar-refractivity contribution is -0.192. The number of benzene rings is 1. The fourth-order valence-corrected chi connectivity index (χ4v) is 7.16. The van der Waals surface area contributed by atoms with Crippen molar-refractivity contribution in [1.29, 1.82) is 0 Å². The molecule has 5 rings (SSSR count). The number of rotatable bonds is 3. The lowest BCUT2D eigenvalue weighted by Gasteiger charge is -2.16. The van der Waals surface area contributed by atoms with Crippen LogP contribution in [-0.2, 0) is 21.2 Å². The summed E-state index contributed by atoms with van der Waals surface area (Å²) in [7, 11) is -3.27. The highest BCUT2D eigenvalue weighted by atomic mass is 32.2. The Kier molecular flexibility index (Phi) is 6.10. The molecule has 0 saturated carbocycles. The van der Waals surface area contributed by atoms with Crippen molar-refractivity contribution in [1.82, 2.24) is 9.88 Å². The van der Waals surface area contributed by atoms with Crippen molar-refractivity contribution in [3.8, 4) is 11.1 Å². The Balaban J connectivity index is 0.000000325. The van der Waals surface area contributed by atoms with Gasteiger partial charge in [-0.3, -0.25) is 4.90 Å². The second-order valence-electron chi connectivity index (χ2n) is 7.81. The number of fused-ring (bicyclic) bond motifs is 3. The SMILES string of the molecule is Cc1ncsc1CN1CC2c3cc(-c4ccoc4)ccc3S(=O)(=O)C2C1.O=C(O)C(F)(F)F. The first-order valence-corrected chi connectivity index (χ1v) is 12.2. The minimum Gasteiger partial charge on any atom is -0.475 e. The monoisotopic (exact) mass is 500 g/mol. The van der Waals surface area contributed by atoms with Crippen LogP contribution in [0, 0.1) is 6.92 Å². The fraction of sp³-hybridized carbons (Fsp3) is 0.333. The number of aromatic nitrogens is 1. The van der Waals surface area contributed by atoms with E-state index in [0.717, 1.165) is 35.5 Å². The first-order valence-electron chi connectivity index (χ1n) is 9.80. The molecule has 2 aromatic heterocycles. The second-order valence-corrected chi connectivity index (χ2v) is 10.9. The Morgan fingerprint density at radius 3 is 2.58 bits per heavy atom. The summed E-state index contributed by atoms with van der Waals surface area (Å²) in [5, 5.41) is 6.78. The molecule has 0 bridgehead atoms. The molecule has 1 saturated heterocycles. The Labute approximate surface area is 191 Å². The van der Waals surface area contributed by atoms with Crippen LogP contribution in [0.25, 0.3) is 11.1 Å². The van der Waals surface area contributed by atoms with E-state index in [9.17, 15) is 21.6 Å². The lowest BCUT2D eigenvalue weighted by Crippen LogP contribution is -2.25. The molecule has 0 spiro atoms. The fourth-order valence-electron chi connectivity index (χ4n) is 4.14. The third-order valence-corrected chi connectivity index (χ3v) is 8.94. The van der Waals surface area contributed by atoms with Crippen LogP contribution < -0.4 is 0 Å². The van der Waals surface area contributed by atoms with Crippen molar-refractivity contribution in [3.63, 3.8) is 0 Å². The molecule has 0 radical (unpaired) electrons. The van der Waals surface area contributed by atoms with Gasteiger partial charge in [0.05, 0.1) is 33.9 Å². The van der Waals surface area contributed by atoms with Crippen LogP contribution in [0.2, 0.25) is 0 Å². The van der Waals surface area contributed by atoms with Crippen LogP contribution in [0.5, 0.6) is 0 Å². The van der Waals surface area contributed by atoms with Gasteiger partial charge >= 0.3 is 12.1 Å². The van der Waals surface area contributed by atoms with Gasteiger partial charge in [0.2, 0.25) is 0 Å². The van der Waals surface area contributed by atoms with Gasteiger partial charge in [-0.2, -0.15) is 13.2 Å². The predicted molar refractivity (Wildman–Crippen MR) is 114 cm³/mol. The molecule has 176 valence electrons. The zero-order chi connectivity index (χ0) is 24.0. The van der Waals surface area contributed by atoms with Crippen molar-refractivity contribution in [2.75, 3.05) is 13.1 Å². The number of hydrogen-bond donors (Lipinski definition) is 1. The maximum absolute atomic E-state index is 13.0. The minimum absolute atomic E-state index is 0.0371. The Morgan fingerprint density at radius 1 is 1.27 bits per heavy atom. The highest BCUT2D eigenvalue weighted by molar-refractivity contribution is 7.92. The number of furan rings is 1. The van der Waals surface area contributed by atoms with Gasteiger partial charge in [0, 0.05) is 36.0 Å². The standard InChI is InChI=1S/C19H18N2O3S2.C2HF3O2/c1-12-17(25-11-20-12)8-21-7-16-15-6-13(14-4-5-24-10-14)2-3-18(15)26(22,23)19(16)9-21;3-2(4,5)1(6)7/h2-6,10-11,16,19H,7-9H2,1H3;(H,6,7). The number of alkyl halides is 3. The summed E-state index contributed by atoms with van der Waals surface area (Å²) >= 11 is 1.64. The first-order chi connectivity index (χ1) is 15.5. The Bertz CT molecular complexity index is 1270. The summed E-state index contributed by atoms with van der Waals surface area (Å²) in [6.45, 7) is 4.13. The number of aryl methyl sites for hydroxylation is 1. The number of carboxylic acids is 1. The van der Waals surface area contributed by atoms with Crippen LogP contribution >= 0.6 is 11.3 Å². The van der Waals surface area contributed by atoms with Gasteiger partial charge in [-0.25, -0.2) is 18.2 Å². The third kappa shape index (κ3) is 4.55. The normalized spacial score (nSPS) is 21.2. The molecule has 1 aromatic carbocycles. The highest BCUT2D eigenvalue weighted by Gasteiger charge is 2.50. The van der Waals surface area contributed by atoms with Crippen molar-refractivity contribution in [3.05, 3.63) is 58.4 Å². The molecule has 1 fully saturated rings. The average Bonchev–Trinajstić information content (AvgIpc) is 3.51. The van der Waals surface area contributed by atoms with E-state index in [1.807, 2.05) is 30.6 Å². The number of nitrogens with zero attached hydrogens (tertiary/aromatic N) is 2. The van der Waals surface area contributed by atoms with E-state index in [1.54, 1.807) is 29.9 Å². The summed E-state index contributed by atoms with van der Waals surface area (Å²) in [5.74, 6) is -2.72. The number of aliphatic carboxylic acids is 1. The molecule has 2 unspecified atom stereocenters. The van der Waals surface area contributed by atoms with Crippen molar-refractivity contribution in [2.45, 2.75) is 35.7 Å². The Hall–Kier alpha value is -2.70. The lowest BCUT2D eigenvalue weighted by atomic mass is 9.95. The maximum atomic E-state index is 13.0. The summed E-state index contributed by atoms with van der Waals surface area (Å²) in [6, 6.07) is 7.57. The molecule has 4 heterocycles. The predicted octanol–water partition coefficient (Wildman–Crippen LogP) is 4.10. The van der Waals surface area contributed by atoms with Gasteiger partial charge in [-0.15, -0.1) is 11.3 Å². The van der Waals surface area contributed by atoms with E-state index in [-0.39, 0.29) is 11.2 Å². The van der Waals surface area contributed by atoms with Crippen LogP contribution in [0.15, 0.2) is 51.6 Å². The molecular formula is C21H19F3N2O5S2. The average molecular weight is 501 g/mol. The van der Waals surface area contributed by atoms with Crippen LogP contribution in [0.4, 0.5) is 13.2 Å². The van der Waals surface area contributed by atoms with Gasteiger partial charge in [0.15, 0.2) is 9.84 Å². The molecule has 2 aliphatic heterocycles. The van der Waals surface area contributed by atoms with E-state index in [2.05, 4.69) is 9.88 Å². The molecule has 2 atom stereocenters. The first kappa shape index (κ1) is 23.5. The summed E-state index contributed by atoms with van der Waals surface area (Å²) < 4.78 is 63.0. The van der Waals surface area contributed by atoms with Gasteiger partial charge in [-0.1, -0.05) is 6.07 Å². The summed E-state index contributed by atoms with van der Waals surface area (Å²) in [6.07, 6.45) is -1.76. The number of sulfone groups is 1. The molecule has 0 aliphatic carbocycles. The molecular weight excluding hydrogens is 481 g/mol. The van der Waals surface area contributed by atoms with E-state index < -0.39 is 22.0 Å². The molecule has 33 heavy (non-hydrogen) atoms. The van der Waals surface area contributed by atoms with E-state index in [1.165, 1.54) is 4.88 Å². The van der Waals surface area contributed by atoms with E-state index >= 15 is 0 Å². The van der Waals surface area contributed by atoms with Crippen molar-refractivity contribution >= 4 is 27.1 Å². The number of carbonyl (C=O) groups is 1. The van der Waals surface area contributed by atoms with Crippen LogP contribution in [0.3, 0.4) is 0 Å². The van der Waals surface area contributed by atoms with Gasteiger partial charge in [0.25, 0.3) is 0 Å². The molecule has 3 aromatic rings. The van der Waals surface area contributed by atoms with Crippen LogP contribution in [-0.4, -0.2) is 53.9 Å². The minimum atomic E-state index is -5.08. The maximum Gasteiger partial charge on any atom is 0.490 e. The highest BCUT2D eigenvalue weighted by Crippen LogP contribution is 2.46. The largest absolute Gasteiger partial charge is 0.490 e. The van der Waals surface area contributed by atoms with E-state index in [4.69, 9.17) is 14.3 Å². The van der Waals surface area contributed by atoms with Crippen LogP contribution in [0.1, 0.15) is 22.1 Å². The van der Waals surface area contributed by atoms with Gasteiger partial charge in [0.1, 0.15) is 0 Å². The smallest absolute Gasteiger partial charge is 0.475 e. The van der Waals surface area contributed by atoms with Crippen molar-refractivity contribution in [2.24, 2.45) is 0 Å². The van der Waals surface area contributed by atoms with Gasteiger partial charge < -0.3 is 9.52 Å². The second kappa shape index (κ2) is 8.58. The van der Waals surface area contributed by atoms with Crippen molar-refractivity contribution < 1.29 is 35.9 Å². The molecule has 12 heteroatoms. The number of thiazole rings is 1. The summed E-state index contributed by atoms with van der Waals surface area (Å²) in [5.41, 5.74) is 5.83. The molecule has 0 amide bonds. The van der Waals surface area contributed by atoms with E-state index in [0.29, 0.717) is 11.4 Å². The molecule has 1 N–H and O–H groups in total. The summed E-state index contributed by atoms with van der Waals surface area (Å²) in [4.78, 5) is 17.2. The quantitative estimate of drug-likeness (QED) is 0.578. The van der Waals surface area contributed by atoms with Gasteiger partial charge in [-0.05, 0) is 36.2 Å². The number of carboxylic acid groups (broad SMARTS) is 1. The molecule has 2 aliphatic rings. The topological polar surface area (TPSA) is 101 Å².